The first-order chi connectivity index (χ1) is 19.5. The first-order valence-corrected chi connectivity index (χ1v) is 14.1. The third-order valence-corrected chi connectivity index (χ3v) is 7.92. The number of benzene rings is 1. The number of aromatic nitrogens is 5. The maximum atomic E-state index is 15.5. The van der Waals surface area contributed by atoms with E-state index in [9.17, 15) is 4.79 Å². The molecule has 1 saturated heterocycles. The van der Waals surface area contributed by atoms with Crippen molar-refractivity contribution in [1.29, 1.82) is 0 Å². The lowest BCUT2D eigenvalue weighted by molar-refractivity contribution is 0.0175. The van der Waals surface area contributed by atoms with Gasteiger partial charge in [-0.3, -0.25) is 4.90 Å². The summed E-state index contributed by atoms with van der Waals surface area (Å²) >= 11 is 3.75. The highest BCUT2D eigenvalue weighted by Gasteiger charge is 2.42. The van der Waals surface area contributed by atoms with Crippen LogP contribution >= 0.6 is 15.9 Å². The molecule has 10 nitrogen and oxygen atoms in total. The second-order valence-corrected chi connectivity index (χ2v) is 12.0. The Kier molecular flexibility index (Phi) is 6.68. The van der Waals surface area contributed by atoms with Crippen LogP contribution in [0.15, 0.2) is 47.3 Å². The van der Waals surface area contributed by atoms with Gasteiger partial charge in [0.1, 0.15) is 23.0 Å². The van der Waals surface area contributed by atoms with Crippen molar-refractivity contribution in [3.63, 3.8) is 0 Å². The number of hydrogen-bond donors (Lipinski definition) is 1. The molecule has 41 heavy (non-hydrogen) atoms. The van der Waals surface area contributed by atoms with Gasteiger partial charge in [-0.15, -0.1) is 0 Å². The third-order valence-electron chi connectivity index (χ3n) is 7.17. The summed E-state index contributed by atoms with van der Waals surface area (Å²) in [5.41, 5.74) is 9.92. The molecule has 0 radical (unpaired) electrons. The molecule has 6 rings (SSSR count). The topological polar surface area (TPSA) is 121 Å². The van der Waals surface area contributed by atoms with Crippen LogP contribution in [-0.4, -0.2) is 53.2 Å². The SMILES string of the molecule is Cc1ccnc(Oc2ccc(-n3c(C4=CC5CCC(C4)N5C(=O)OC(C)(C)C)c(Br)c4ncnc(N)c43)cc2F)n1. The number of nitrogen functional groups attached to an aromatic ring is 1. The molecule has 2 N–H and O–H groups in total. The van der Waals surface area contributed by atoms with Gasteiger partial charge in [-0.2, -0.15) is 0 Å². The second kappa shape index (κ2) is 10.1. The van der Waals surface area contributed by atoms with Crippen LogP contribution in [0.25, 0.3) is 22.3 Å². The van der Waals surface area contributed by atoms with E-state index in [2.05, 4.69) is 41.9 Å². The average molecular weight is 622 g/mol. The van der Waals surface area contributed by atoms with Crippen molar-refractivity contribution in [3.05, 3.63) is 64.5 Å². The highest BCUT2D eigenvalue weighted by molar-refractivity contribution is 9.10. The minimum atomic E-state index is -0.597. The third kappa shape index (κ3) is 5.01. The summed E-state index contributed by atoms with van der Waals surface area (Å²) in [6.45, 7) is 7.39. The molecule has 2 aliphatic rings. The van der Waals surface area contributed by atoms with Crippen LogP contribution in [0.5, 0.6) is 11.8 Å². The number of fused-ring (bicyclic) bond motifs is 3. The van der Waals surface area contributed by atoms with Gasteiger partial charge in [-0.1, -0.05) is 6.08 Å². The smallest absolute Gasteiger partial charge is 0.411 e. The quantitative estimate of drug-likeness (QED) is 0.280. The van der Waals surface area contributed by atoms with Crippen molar-refractivity contribution < 1.29 is 18.7 Å². The van der Waals surface area contributed by atoms with E-state index in [0.717, 1.165) is 24.1 Å². The minimum Gasteiger partial charge on any atom is -0.444 e. The van der Waals surface area contributed by atoms with Crippen LogP contribution in [0.2, 0.25) is 0 Å². The molecule has 1 aromatic carbocycles. The Morgan fingerprint density at radius 2 is 1.98 bits per heavy atom. The van der Waals surface area contributed by atoms with Crippen LogP contribution in [0.3, 0.4) is 0 Å². The summed E-state index contributed by atoms with van der Waals surface area (Å²) in [5, 5.41) is 0. The molecule has 3 aromatic heterocycles. The molecular formula is C29H29BrFN7O3. The van der Waals surface area contributed by atoms with Crippen molar-refractivity contribution >= 4 is 44.4 Å². The Morgan fingerprint density at radius 1 is 1.17 bits per heavy atom. The molecule has 2 aliphatic heterocycles. The van der Waals surface area contributed by atoms with E-state index in [4.69, 9.17) is 15.2 Å². The van der Waals surface area contributed by atoms with E-state index < -0.39 is 11.4 Å². The fraction of sp³-hybridized carbons (Fsp3) is 0.345. The number of ether oxygens (including phenoxy) is 2. The summed E-state index contributed by atoms with van der Waals surface area (Å²) in [5.74, 6) is -0.352. The van der Waals surface area contributed by atoms with E-state index in [1.807, 2.05) is 30.2 Å². The number of aryl methyl sites for hydroxylation is 1. The van der Waals surface area contributed by atoms with Gasteiger partial charge >= 0.3 is 12.1 Å². The summed E-state index contributed by atoms with van der Waals surface area (Å²) in [4.78, 5) is 31.8. The van der Waals surface area contributed by atoms with Gasteiger partial charge in [0.2, 0.25) is 0 Å². The molecule has 2 unspecified atom stereocenters. The van der Waals surface area contributed by atoms with Crippen molar-refractivity contribution in [2.75, 3.05) is 5.73 Å². The lowest BCUT2D eigenvalue weighted by Gasteiger charge is -2.35. The van der Waals surface area contributed by atoms with Crippen molar-refractivity contribution in [2.45, 2.75) is 64.6 Å². The monoisotopic (exact) mass is 621 g/mol. The van der Waals surface area contributed by atoms with Crippen LogP contribution in [0.4, 0.5) is 15.0 Å². The minimum absolute atomic E-state index is 0.0106. The molecule has 4 aromatic rings. The van der Waals surface area contributed by atoms with Gasteiger partial charge in [0, 0.05) is 29.7 Å². The van der Waals surface area contributed by atoms with Gasteiger partial charge in [0.05, 0.1) is 16.2 Å². The lowest BCUT2D eigenvalue weighted by atomic mass is 9.98. The molecule has 5 heterocycles. The lowest BCUT2D eigenvalue weighted by Crippen LogP contribution is -2.45. The molecular weight excluding hydrogens is 593 g/mol. The normalized spacial score (nSPS) is 18.5. The van der Waals surface area contributed by atoms with E-state index in [1.165, 1.54) is 18.5 Å². The Labute approximate surface area is 244 Å². The van der Waals surface area contributed by atoms with E-state index in [-0.39, 0.29) is 35.8 Å². The zero-order valence-corrected chi connectivity index (χ0v) is 24.6. The maximum absolute atomic E-state index is 15.5. The number of carbonyl (C=O) groups excluding carboxylic acids is 1. The number of anilines is 1. The van der Waals surface area contributed by atoms with Crippen LogP contribution < -0.4 is 10.5 Å². The van der Waals surface area contributed by atoms with E-state index in [0.29, 0.717) is 33.3 Å². The Balaban J connectivity index is 1.43. The Morgan fingerprint density at radius 3 is 2.68 bits per heavy atom. The van der Waals surface area contributed by atoms with E-state index in [1.54, 1.807) is 25.3 Å². The van der Waals surface area contributed by atoms with Crippen molar-refractivity contribution in [2.24, 2.45) is 0 Å². The molecule has 0 aliphatic carbocycles. The fourth-order valence-corrected chi connectivity index (χ4v) is 6.25. The first-order valence-electron chi connectivity index (χ1n) is 13.3. The van der Waals surface area contributed by atoms with Crippen LogP contribution in [-0.2, 0) is 4.74 Å². The number of nitrogens with zero attached hydrogens (tertiary/aromatic N) is 6. The van der Waals surface area contributed by atoms with Crippen molar-refractivity contribution in [1.82, 2.24) is 29.4 Å². The first kappa shape index (κ1) is 27.1. The van der Waals surface area contributed by atoms with Gasteiger partial charge in [-0.25, -0.2) is 29.1 Å². The maximum Gasteiger partial charge on any atom is 0.411 e. The van der Waals surface area contributed by atoms with Gasteiger partial charge in [-0.05, 0) is 86.7 Å². The average Bonchev–Trinajstić information content (AvgIpc) is 3.35. The number of carbonyl (C=O) groups is 1. The summed E-state index contributed by atoms with van der Waals surface area (Å²) < 4.78 is 29.4. The zero-order valence-electron chi connectivity index (χ0n) is 23.1. The molecule has 0 saturated carbocycles. The number of hydrogen-bond acceptors (Lipinski definition) is 8. The predicted molar refractivity (Wildman–Crippen MR) is 155 cm³/mol. The number of amides is 1. The highest BCUT2D eigenvalue weighted by atomic mass is 79.9. The molecule has 212 valence electrons. The zero-order chi connectivity index (χ0) is 29.1. The van der Waals surface area contributed by atoms with Crippen molar-refractivity contribution in [3.8, 4) is 17.4 Å². The molecule has 1 fully saturated rings. The summed E-state index contributed by atoms with van der Waals surface area (Å²) in [6, 6.07) is 6.28. The van der Waals surface area contributed by atoms with Crippen LogP contribution in [0, 0.1) is 12.7 Å². The summed E-state index contributed by atoms with van der Waals surface area (Å²) in [6.07, 6.45) is 7.00. The summed E-state index contributed by atoms with van der Waals surface area (Å²) in [7, 11) is 0. The molecule has 2 bridgehead atoms. The Bertz CT molecular complexity index is 1710. The fourth-order valence-electron chi connectivity index (χ4n) is 5.53. The molecule has 0 spiro atoms. The van der Waals surface area contributed by atoms with Gasteiger partial charge < -0.3 is 19.8 Å². The van der Waals surface area contributed by atoms with Gasteiger partial charge in [0.15, 0.2) is 17.4 Å². The van der Waals surface area contributed by atoms with Crippen LogP contribution in [0.1, 0.15) is 51.4 Å². The Hall–Kier alpha value is -4.06. The number of nitrogens with two attached hydrogens (primary N) is 1. The molecule has 12 heteroatoms. The second-order valence-electron chi connectivity index (χ2n) is 11.2. The van der Waals surface area contributed by atoms with Gasteiger partial charge in [0.25, 0.3) is 0 Å². The predicted octanol–water partition coefficient (Wildman–Crippen LogP) is 6.35. The highest BCUT2D eigenvalue weighted by Crippen LogP contribution is 2.45. The number of rotatable bonds is 4. The molecule has 2 atom stereocenters. The number of halogens is 2. The standard InChI is InChI=1S/C29H29BrFN7O3/c1-15-9-10-33-27(36-15)40-21-8-7-19(13-20(21)31)38-24(22(30)23-25(38)26(32)35-14-34-23)16-11-17-5-6-18(12-16)37(17)28(39)41-29(2,3)4/h7-11,13-14,17-18H,5-6,12H2,1-4H3,(H2,32,34,35). The molecule has 1 amide bonds. The van der Waals surface area contributed by atoms with E-state index >= 15 is 4.39 Å². The largest absolute Gasteiger partial charge is 0.444 e.